The van der Waals surface area contributed by atoms with Crippen LogP contribution in [0.1, 0.15) is 29.3 Å². The van der Waals surface area contributed by atoms with Crippen molar-refractivity contribution in [3.8, 4) is 0 Å². The maximum absolute atomic E-state index is 13.3. The van der Waals surface area contributed by atoms with Crippen LogP contribution in [-0.2, 0) is 4.79 Å². The van der Waals surface area contributed by atoms with Gasteiger partial charge in [0.2, 0.25) is 5.91 Å². The van der Waals surface area contributed by atoms with Gasteiger partial charge in [0.15, 0.2) is 0 Å². The van der Waals surface area contributed by atoms with Gasteiger partial charge in [-0.3, -0.25) is 14.8 Å². The Bertz CT molecular complexity index is 693. The minimum atomic E-state index is -0.204. The highest BCUT2D eigenvalue weighted by Crippen LogP contribution is 2.27. The number of anilines is 1. The molecule has 1 aliphatic rings. The van der Waals surface area contributed by atoms with Crippen LogP contribution < -0.4 is 5.32 Å². The number of hydrogen-bond acceptors (Lipinski definition) is 3. The van der Waals surface area contributed by atoms with Crippen LogP contribution in [0.3, 0.4) is 0 Å². The van der Waals surface area contributed by atoms with Crippen LogP contribution in [0.2, 0.25) is 0 Å². The average molecular weight is 316 g/mol. The van der Waals surface area contributed by atoms with Gasteiger partial charge in [0.1, 0.15) is 5.82 Å². The third kappa shape index (κ3) is 3.59. The Morgan fingerprint density at radius 2 is 2.30 bits per heavy atom. The largest absolute Gasteiger partial charge is 0.322 e. The summed E-state index contributed by atoms with van der Waals surface area (Å²) in [6, 6.07) is 6.74. The van der Waals surface area contributed by atoms with Crippen molar-refractivity contribution in [3.63, 3.8) is 0 Å². The molecule has 0 bridgehead atoms. The minimum absolute atomic E-state index is 0.0440. The standard InChI is InChI=1S/C17H21FN4O/c1-11-17(12(2)21-20-11)19-16(23)10-22-7-6-14(9-22)13-4-3-5-15(18)8-13/h3-5,8,14H,6-7,9-10H2,1-2H3,(H,19,23)(H,20,21)/t14-/m0/s1. The van der Waals surface area contributed by atoms with Gasteiger partial charge in [0.05, 0.1) is 23.6 Å². The lowest BCUT2D eigenvalue weighted by Crippen LogP contribution is -2.31. The van der Waals surface area contributed by atoms with E-state index in [2.05, 4.69) is 20.4 Å². The van der Waals surface area contributed by atoms with E-state index in [1.54, 1.807) is 12.1 Å². The van der Waals surface area contributed by atoms with E-state index in [0.29, 0.717) is 6.54 Å². The Labute approximate surface area is 134 Å². The zero-order valence-corrected chi connectivity index (χ0v) is 13.4. The predicted molar refractivity (Wildman–Crippen MR) is 86.9 cm³/mol. The summed E-state index contributed by atoms with van der Waals surface area (Å²) in [6.07, 6.45) is 0.945. The van der Waals surface area contributed by atoms with Crippen LogP contribution in [0.15, 0.2) is 24.3 Å². The molecule has 2 heterocycles. The normalized spacial score (nSPS) is 18.3. The van der Waals surface area contributed by atoms with E-state index in [9.17, 15) is 9.18 Å². The molecule has 1 saturated heterocycles. The molecule has 1 aromatic carbocycles. The predicted octanol–water partition coefficient (Wildman–Crippen LogP) is 2.59. The number of aromatic nitrogens is 2. The van der Waals surface area contributed by atoms with Gasteiger partial charge in [-0.15, -0.1) is 0 Å². The van der Waals surface area contributed by atoms with Crippen LogP contribution >= 0.6 is 0 Å². The highest BCUT2D eigenvalue weighted by Gasteiger charge is 2.25. The van der Waals surface area contributed by atoms with Crippen LogP contribution in [-0.4, -0.2) is 40.6 Å². The Morgan fingerprint density at radius 3 is 3.00 bits per heavy atom. The lowest BCUT2D eigenvalue weighted by atomic mass is 9.98. The first kappa shape index (κ1) is 15.7. The molecule has 1 aliphatic heterocycles. The zero-order valence-electron chi connectivity index (χ0n) is 13.4. The zero-order chi connectivity index (χ0) is 16.4. The number of nitrogens with one attached hydrogen (secondary N) is 2. The quantitative estimate of drug-likeness (QED) is 0.911. The number of aryl methyl sites for hydroxylation is 2. The Kier molecular flexibility index (Phi) is 4.43. The third-order valence-electron chi connectivity index (χ3n) is 4.35. The van der Waals surface area contributed by atoms with Crippen molar-refractivity contribution in [1.82, 2.24) is 15.1 Å². The summed E-state index contributed by atoms with van der Waals surface area (Å²) in [5, 5.41) is 9.84. The summed E-state index contributed by atoms with van der Waals surface area (Å²) in [5.74, 6) is 0.0398. The van der Waals surface area contributed by atoms with Crippen molar-refractivity contribution >= 4 is 11.6 Å². The Hall–Kier alpha value is -2.21. The van der Waals surface area contributed by atoms with E-state index in [1.807, 2.05) is 19.9 Å². The van der Waals surface area contributed by atoms with Gasteiger partial charge in [0.25, 0.3) is 0 Å². The Balaban J connectivity index is 1.56. The van der Waals surface area contributed by atoms with Gasteiger partial charge < -0.3 is 5.32 Å². The molecule has 1 atom stereocenters. The molecule has 0 aliphatic carbocycles. The summed E-state index contributed by atoms with van der Waals surface area (Å²) in [6.45, 7) is 5.70. The first-order valence-electron chi connectivity index (χ1n) is 7.82. The van der Waals surface area contributed by atoms with Crippen LogP contribution in [0.4, 0.5) is 10.1 Å². The number of nitrogens with zero attached hydrogens (tertiary/aromatic N) is 2. The molecule has 2 aromatic rings. The number of amides is 1. The summed E-state index contributed by atoms with van der Waals surface area (Å²) >= 11 is 0. The molecule has 1 aromatic heterocycles. The molecule has 6 heteroatoms. The van der Waals surface area contributed by atoms with E-state index in [4.69, 9.17) is 0 Å². The van der Waals surface area contributed by atoms with E-state index in [0.717, 1.165) is 42.1 Å². The number of aromatic amines is 1. The molecular formula is C17H21FN4O. The number of hydrogen-bond donors (Lipinski definition) is 2. The molecule has 2 N–H and O–H groups in total. The SMILES string of the molecule is Cc1n[nH]c(C)c1NC(=O)CN1CC[C@H](c2cccc(F)c2)C1. The van der Waals surface area contributed by atoms with Crippen LogP contribution in [0.5, 0.6) is 0 Å². The molecule has 3 rings (SSSR count). The molecule has 1 fully saturated rings. The molecule has 5 nitrogen and oxygen atoms in total. The van der Waals surface area contributed by atoms with Crippen molar-refractivity contribution in [1.29, 1.82) is 0 Å². The first-order chi connectivity index (χ1) is 11.0. The number of rotatable bonds is 4. The number of H-pyrrole nitrogens is 1. The second-order valence-corrected chi connectivity index (χ2v) is 6.13. The number of halogens is 1. The topological polar surface area (TPSA) is 61.0 Å². The monoisotopic (exact) mass is 316 g/mol. The van der Waals surface area contributed by atoms with Gasteiger partial charge in [-0.2, -0.15) is 5.10 Å². The maximum Gasteiger partial charge on any atom is 0.238 e. The lowest BCUT2D eigenvalue weighted by Gasteiger charge is -2.16. The maximum atomic E-state index is 13.3. The number of carbonyl (C=O) groups excluding carboxylic acids is 1. The smallest absolute Gasteiger partial charge is 0.238 e. The highest BCUT2D eigenvalue weighted by molar-refractivity contribution is 5.93. The number of carbonyl (C=O) groups is 1. The van der Waals surface area contributed by atoms with Crippen molar-refractivity contribution in [2.75, 3.05) is 25.0 Å². The molecule has 0 unspecified atom stereocenters. The number of likely N-dealkylation sites (tertiary alicyclic amines) is 1. The Morgan fingerprint density at radius 1 is 1.48 bits per heavy atom. The molecule has 23 heavy (non-hydrogen) atoms. The summed E-state index contributed by atoms with van der Waals surface area (Å²) in [5.41, 5.74) is 3.41. The molecule has 1 amide bonds. The third-order valence-corrected chi connectivity index (χ3v) is 4.35. The summed E-state index contributed by atoms with van der Waals surface area (Å²) in [7, 11) is 0. The fraction of sp³-hybridized carbons (Fsp3) is 0.412. The second-order valence-electron chi connectivity index (χ2n) is 6.13. The fourth-order valence-corrected chi connectivity index (χ4v) is 3.13. The van der Waals surface area contributed by atoms with Gasteiger partial charge >= 0.3 is 0 Å². The summed E-state index contributed by atoms with van der Waals surface area (Å²) < 4.78 is 13.3. The first-order valence-corrected chi connectivity index (χ1v) is 7.82. The average Bonchev–Trinajstić information content (AvgIpc) is 3.09. The van der Waals surface area contributed by atoms with Gasteiger partial charge in [-0.1, -0.05) is 12.1 Å². The van der Waals surface area contributed by atoms with Crippen molar-refractivity contribution in [3.05, 3.63) is 47.0 Å². The van der Waals surface area contributed by atoms with E-state index in [-0.39, 0.29) is 17.6 Å². The van der Waals surface area contributed by atoms with E-state index in [1.165, 1.54) is 6.07 Å². The molecular weight excluding hydrogens is 295 g/mol. The van der Waals surface area contributed by atoms with E-state index >= 15 is 0 Å². The molecule has 0 spiro atoms. The van der Waals surface area contributed by atoms with Crippen molar-refractivity contribution < 1.29 is 9.18 Å². The highest BCUT2D eigenvalue weighted by atomic mass is 19.1. The fourth-order valence-electron chi connectivity index (χ4n) is 3.13. The van der Waals surface area contributed by atoms with Crippen LogP contribution in [0, 0.1) is 19.7 Å². The van der Waals surface area contributed by atoms with Gasteiger partial charge in [-0.25, -0.2) is 4.39 Å². The molecule has 122 valence electrons. The molecule has 0 saturated carbocycles. The molecule has 0 radical (unpaired) electrons. The van der Waals surface area contributed by atoms with Crippen LogP contribution in [0.25, 0.3) is 0 Å². The van der Waals surface area contributed by atoms with Crippen molar-refractivity contribution in [2.24, 2.45) is 0 Å². The number of benzene rings is 1. The second kappa shape index (κ2) is 6.50. The lowest BCUT2D eigenvalue weighted by molar-refractivity contribution is -0.117. The summed E-state index contributed by atoms with van der Waals surface area (Å²) in [4.78, 5) is 14.3. The van der Waals surface area contributed by atoms with Gasteiger partial charge in [0, 0.05) is 6.54 Å². The van der Waals surface area contributed by atoms with Crippen molar-refractivity contribution in [2.45, 2.75) is 26.2 Å². The van der Waals surface area contributed by atoms with Gasteiger partial charge in [-0.05, 0) is 50.4 Å². The minimum Gasteiger partial charge on any atom is -0.322 e. The van der Waals surface area contributed by atoms with E-state index < -0.39 is 0 Å².